The fraction of sp³-hybridized carbons (Fsp3) is 0.867. The topological polar surface area (TPSA) is 75.6 Å². The number of carbonyl (C=O) groups is 2. The first kappa shape index (κ1) is 15.3. The summed E-state index contributed by atoms with van der Waals surface area (Å²) in [6.07, 6.45) is 8.06. The van der Waals surface area contributed by atoms with Crippen LogP contribution in [0, 0.1) is 5.41 Å². The summed E-state index contributed by atoms with van der Waals surface area (Å²) < 4.78 is 4.93. The van der Waals surface area contributed by atoms with Crippen molar-refractivity contribution in [2.75, 3.05) is 6.61 Å². The Labute approximate surface area is 120 Å². The monoisotopic (exact) mass is 283 g/mol. The molecule has 2 unspecified atom stereocenters. The van der Waals surface area contributed by atoms with Gasteiger partial charge < -0.3 is 9.84 Å². The second kappa shape index (κ2) is 5.72. The molecule has 0 aromatic heterocycles. The average molecular weight is 283 g/mol. The Morgan fingerprint density at radius 2 is 1.95 bits per heavy atom. The molecule has 1 spiro atoms. The van der Waals surface area contributed by atoms with Gasteiger partial charge >= 0.3 is 11.9 Å². The van der Waals surface area contributed by atoms with Gasteiger partial charge in [0.2, 0.25) is 5.54 Å². The summed E-state index contributed by atoms with van der Waals surface area (Å²) in [5, 5.41) is 12.5. The zero-order valence-corrected chi connectivity index (χ0v) is 12.4. The van der Waals surface area contributed by atoms with Gasteiger partial charge in [0.15, 0.2) is 0 Å². The molecule has 2 aliphatic carbocycles. The number of ether oxygens (including phenoxy) is 1. The third kappa shape index (κ3) is 2.55. The zero-order chi connectivity index (χ0) is 14.8. The van der Waals surface area contributed by atoms with Crippen LogP contribution in [-0.4, -0.2) is 35.2 Å². The third-order valence-corrected chi connectivity index (χ3v) is 5.09. The van der Waals surface area contributed by atoms with Crippen molar-refractivity contribution in [3.63, 3.8) is 0 Å². The second-order valence-electron chi connectivity index (χ2n) is 6.31. The van der Waals surface area contributed by atoms with Crippen molar-refractivity contribution in [1.82, 2.24) is 5.32 Å². The largest absolute Gasteiger partial charge is 0.479 e. The predicted molar refractivity (Wildman–Crippen MR) is 74.3 cm³/mol. The van der Waals surface area contributed by atoms with E-state index in [1.54, 1.807) is 6.92 Å². The van der Waals surface area contributed by atoms with Gasteiger partial charge in [-0.25, -0.2) is 9.59 Å². The lowest BCUT2D eigenvalue weighted by atomic mass is 9.57. The van der Waals surface area contributed by atoms with E-state index in [4.69, 9.17) is 4.74 Å². The first-order chi connectivity index (χ1) is 9.44. The molecular formula is C15H25NO4. The van der Waals surface area contributed by atoms with E-state index in [1.165, 1.54) is 26.2 Å². The SMILES string of the molecule is CCOC(=O)C(C)(NC1CCC12CCCCC2)C(=O)O. The maximum atomic E-state index is 12.0. The molecule has 2 aliphatic rings. The minimum atomic E-state index is -1.63. The van der Waals surface area contributed by atoms with Crippen LogP contribution in [0.5, 0.6) is 0 Å². The van der Waals surface area contributed by atoms with Crippen LogP contribution in [0.15, 0.2) is 0 Å². The number of carboxylic acid groups (broad SMARTS) is 1. The summed E-state index contributed by atoms with van der Waals surface area (Å²) in [6.45, 7) is 3.30. The van der Waals surface area contributed by atoms with E-state index in [0.717, 1.165) is 25.7 Å². The summed E-state index contributed by atoms with van der Waals surface area (Å²) in [5.74, 6) is -1.85. The highest BCUT2D eigenvalue weighted by atomic mass is 16.5. The number of hydrogen-bond acceptors (Lipinski definition) is 4. The molecular weight excluding hydrogens is 258 g/mol. The van der Waals surface area contributed by atoms with E-state index in [1.807, 2.05) is 0 Å². The van der Waals surface area contributed by atoms with E-state index in [2.05, 4.69) is 5.32 Å². The Hall–Kier alpha value is -1.10. The summed E-state index contributed by atoms with van der Waals surface area (Å²) in [4.78, 5) is 23.5. The van der Waals surface area contributed by atoms with E-state index in [9.17, 15) is 14.7 Å². The predicted octanol–water partition coefficient (Wildman–Crippen LogP) is 2.10. The van der Waals surface area contributed by atoms with Gasteiger partial charge in [-0.3, -0.25) is 5.32 Å². The van der Waals surface area contributed by atoms with Crippen LogP contribution in [0.1, 0.15) is 58.8 Å². The number of hydrogen-bond donors (Lipinski definition) is 2. The first-order valence-electron chi connectivity index (χ1n) is 7.63. The molecule has 0 heterocycles. The van der Waals surface area contributed by atoms with Gasteiger partial charge in [-0.15, -0.1) is 0 Å². The molecule has 0 bridgehead atoms. The molecule has 0 radical (unpaired) electrons. The van der Waals surface area contributed by atoms with Gasteiger partial charge in [0.05, 0.1) is 6.61 Å². The van der Waals surface area contributed by atoms with Crippen molar-refractivity contribution in [2.45, 2.75) is 70.4 Å². The molecule has 2 N–H and O–H groups in total. The third-order valence-electron chi connectivity index (χ3n) is 5.09. The lowest BCUT2D eigenvalue weighted by Crippen LogP contribution is -2.66. The van der Waals surface area contributed by atoms with E-state index < -0.39 is 17.5 Å². The summed E-state index contributed by atoms with van der Waals surface area (Å²) >= 11 is 0. The molecule has 5 heteroatoms. The number of carboxylic acids is 1. The van der Waals surface area contributed by atoms with Crippen LogP contribution >= 0.6 is 0 Å². The fourth-order valence-electron chi connectivity index (χ4n) is 3.61. The normalized spacial score (nSPS) is 27.4. The number of nitrogens with one attached hydrogen (secondary N) is 1. The molecule has 2 rings (SSSR count). The molecule has 20 heavy (non-hydrogen) atoms. The lowest BCUT2D eigenvalue weighted by Gasteiger charge is -2.54. The summed E-state index contributed by atoms with van der Waals surface area (Å²) in [6, 6.07) is 0.119. The Balaban J connectivity index is 2.08. The molecule has 2 saturated carbocycles. The highest BCUT2D eigenvalue weighted by Crippen LogP contribution is 2.52. The fourth-order valence-corrected chi connectivity index (χ4v) is 3.61. The molecule has 5 nitrogen and oxygen atoms in total. The molecule has 0 saturated heterocycles. The van der Waals surface area contributed by atoms with Crippen LogP contribution in [0.25, 0.3) is 0 Å². The Bertz CT molecular complexity index is 389. The standard InChI is InChI=1S/C15H25NO4/c1-3-20-13(19)14(2,12(17)18)16-11-7-10-15(11)8-5-4-6-9-15/h11,16H,3-10H2,1-2H3,(H,17,18). The molecule has 114 valence electrons. The second-order valence-corrected chi connectivity index (χ2v) is 6.31. The van der Waals surface area contributed by atoms with E-state index in [0.29, 0.717) is 0 Å². The number of aliphatic carboxylic acids is 1. The zero-order valence-electron chi connectivity index (χ0n) is 12.4. The molecule has 0 amide bonds. The van der Waals surface area contributed by atoms with Crippen LogP contribution in [0.2, 0.25) is 0 Å². The van der Waals surface area contributed by atoms with Crippen molar-refractivity contribution in [2.24, 2.45) is 5.41 Å². The quantitative estimate of drug-likeness (QED) is 0.597. The van der Waals surface area contributed by atoms with Crippen molar-refractivity contribution < 1.29 is 19.4 Å². The van der Waals surface area contributed by atoms with Crippen LogP contribution < -0.4 is 5.32 Å². The molecule has 0 aliphatic heterocycles. The lowest BCUT2D eigenvalue weighted by molar-refractivity contribution is -0.164. The molecule has 2 fully saturated rings. The Morgan fingerprint density at radius 1 is 1.30 bits per heavy atom. The minimum Gasteiger partial charge on any atom is -0.479 e. The van der Waals surface area contributed by atoms with E-state index >= 15 is 0 Å². The van der Waals surface area contributed by atoms with E-state index in [-0.39, 0.29) is 18.1 Å². The number of rotatable bonds is 5. The Kier molecular flexibility index (Phi) is 4.37. The minimum absolute atomic E-state index is 0.119. The highest BCUT2D eigenvalue weighted by molar-refractivity contribution is 6.03. The first-order valence-corrected chi connectivity index (χ1v) is 7.63. The van der Waals surface area contributed by atoms with Crippen molar-refractivity contribution >= 4 is 11.9 Å². The maximum absolute atomic E-state index is 12.0. The summed E-state index contributed by atoms with van der Waals surface area (Å²) in [5.41, 5.74) is -1.42. The van der Waals surface area contributed by atoms with Crippen LogP contribution in [0.4, 0.5) is 0 Å². The molecule has 0 aromatic carbocycles. The van der Waals surface area contributed by atoms with Gasteiger partial charge in [-0.2, -0.15) is 0 Å². The van der Waals surface area contributed by atoms with Gasteiger partial charge in [0.25, 0.3) is 0 Å². The average Bonchev–Trinajstić information content (AvgIpc) is 2.44. The molecule has 0 aromatic rings. The Morgan fingerprint density at radius 3 is 2.40 bits per heavy atom. The summed E-state index contributed by atoms with van der Waals surface area (Å²) in [7, 11) is 0. The van der Waals surface area contributed by atoms with Crippen molar-refractivity contribution in [3.8, 4) is 0 Å². The van der Waals surface area contributed by atoms with Crippen molar-refractivity contribution in [3.05, 3.63) is 0 Å². The van der Waals surface area contributed by atoms with Crippen LogP contribution in [0.3, 0.4) is 0 Å². The number of esters is 1. The van der Waals surface area contributed by atoms with Gasteiger partial charge in [0.1, 0.15) is 0 Å². The highest BCUT2D eigenvalue weighted by Gasteiger charge is 2.53. The van der Waals surface area contributed by atoms with Crippen LogP contribution in [-0.2, 0) is 14.3 Å². The van der Waals surface area contributed by atoms with Gasteiger partial charge in [0, 0.05) is 6.04 Å². The molecule has 2 atom stereocenters. The smallest absolute Gasteiger partial charge is 0.337 e. The van der Waals surface area contributed by atoms with Crippen molar-refractivity contribution in [1.29, 1.82) is 0 Å². The maximum Gasteiger partial charge on any atom is 0.337 e. The van der Waals surface area contributed by atoms with Gasteiger partial charge in [-0.1, -0.05) is 19.3 Å². The van der Waals surface area contributed by atoms with Gasteiger partial charge in [-0.05, 0) is 44.9 Å². The number of carbonyl (C=O) groups excluding carboxylic acids is 1.